The number of allylic oxidation sites excluding steroid dienone is 2. The number of rotatable bonds is 63. The van der Waals surface area contributed by atoms with Crippen LogP contribution >= 0.6 is 0 Å². The summed E-state index contributed by atoms with van der Waals surface area (Å²) < 4.78 is 5.49. The molecule has 0 radical (unpaired) electrons. The molecule has 0 spiro atoms. The fraction of sp³-hybridized carbons (Fsp3) is 0.940. The Hall–Kier alpha value is -1.40. The predicted octanol–water partition coefficient (Wildman–Crippen LogP) is 21.2. The monoisotopic (exact) mass is 1030 g/mol. The first-order valence-corrected chi connectivity index (χ1v) is 33.4. The van der Waals surface area contributed by atoms with Gasteiger partial charge in [0.2, 0.25) is 5.91 Å². The van der Waals surface area contributed by atoms with Crippen LogP contribution in [0.1, 0.15) is 380 Å². The van der Waals surface area contributed by atoms with E-state index >= 15 is 0 Å². The van der Waals surface area contributed by atoms with Gasteiger partial charge < -0.3 is 20.3 Å². The third-order valence-electron chi connectivity index (χ3n) is 15.8. The van der Waals surface area contributed by atoms with Gasteiger partial charge in [0.1, 0.15) is 0 Å². The van der Waals surface area contributed by atoms with Crippen molar-refractivity contribution >= 4 is 11.9 Å². The highest BCUT2D eigenvalue weighted by atomic mass is 16.5. The maximum absolute atomic E-state index is 12.5. The Morgan fingerprint density at radius 3 is 0.973 bits per heavy atom. The van der Waals surface area contributed by atoms with Gasteiger partial charge in [-0.05, 0) is 51.4 Å². The Morgan fingerprint density at radius 2 is 0.644 bits per heavy atom. The van der Waals surface area contributed by atoms with Crippen LogP contribution < -0.4 is 5.32 Å². The number of nitrogens with one attached hydrogen (secondary N) is 1. The van der Waals surface area contributed by atoms with Crippen LogP contribution in [0.15, 0.2) is 12.2 Å². The van der Waals surface area contributed by atoms with E-state index in [0.29, 0.717) is 25.9 Å². The van der Waals surface area contributed by atoms with Crippen molar-refractivity contribution in [3.63, 3.8) is 0 Å². The minimum Gasteiger partial charge on any atom is -0.466 e. The Bertz CT molecular complexity index is 1100. The largest absolute Gasteiger partial charge is 0.466 e. The zero-order valence-corrected chi connectivity index (χ0v) is 49.6. The Kier molecular flexibility index (Phi) is 61.9. The molecule has 3 N–H and O–H groups in total. The van der Waals surface area contributed by atoms with Crippen LogP contribution in [-0.2, 0) is 14.3 Å². The number of carbonyl (C=O) groups excluding carboxylic acids is 2. The molecule has 0 aliphatic carbocycles. The van der Waals surface area contributed by atoms with Crippen LogP contribution in [0.5, 0.6) is 0 Å². The molecule has 0 fully saturated rings. The second-order valence-corrected chi connectivity index (χ2v) is 23.2. The van der Waals surface area contributed by atoms with Crippen LogP contribution in [0.3, 0.4) is 0 Å². The lowest BCUT2D eigenvalue weighted by molar-refractivity contribution is -0.143. The summed E-state index contributed by atoms with van der Waals surface area (Å²) in [6, 6.07) is -0.548. The van der Waals surface area contributed by atoms with E-state index in [-0.39, 0.29) is 18.5 Å². The van der Waals surface area contributed by atoms with Crippen LogP contribution in [0, 0.1) is 0 Å². The summed E-state index contributed by atoms with van der Waals surface area (Å²) in [5, 5.41) is 23.4. The fourth-order valence-electron chi connectivity index (χ4n) is 10.7. The van der Waals surface area contributed by atoms with Crippen molar-refractivity contribution in [3.05, 3.63) is 12.2 Å². The second kappa shape index (κ2) is 63.1. The van der Waals surface area contributed by atoms with E-state index in [9.17, 15) is 19.8 Å². The van der Waals surface area contributed by atoms with Gasteiger partial charge in [0.05, 0.1) is 25.4 Å². The number of ether oxygens (including phenoxy) is 1. The van der Waals surface area contributed by atoms with Crippen molar-refractivity contribution in [2.24, 2.45) is 0 Å². The van der Waals surface area contributed by atoms with Gasteiger partial charge in [-0.15, -0.1) is 0 Å². The van der Waals surface area contributed by atoms with Gasteiger partial charge in [-0.2, -0.15) is 0 Å². The van der Waals surface area contributed by atoms with Crippen molar-refractivity contribution in [2.45, 2.75) is 392 Å². The van der Waals surface area contributed by atoms with Gasteiger partial charge in [0.15, 0.2) is 0 Å². The topological polar surface area (TPSA) is 95.9 Å². The fourth-order valence-corrected chi connectivity index (χ4v) is 10.7. The van der Waals surface area contributed by atoms with Gasteiger partial charge >= 0.3 is 5.97 Å². The number of hydrogen-bond acceptors (Lipinski definition) is 5. The van der Waals surface area contributed by atoms with Gasteiger partial charge in [-0.3, -0.25) is 9.59 Å². The van der Waals surface area contributed by atoms with E-state index < -0.39 is 12.1 Å². The number of hydrogen-bond donors (Lipinski definition) is 3. The minimum absolute atomic E-state index is 0.0103. The summed E-state index contributed by atoms with van der Waals surface area (Å²) in [6.45, 7) is 4.98. The molecule has 0 aromatic rings. The second-order valence-electron chi connectivity index (χ2n) is 23.2. The first-order chi connectivity index (χ1) is 36.0. The van der Waals surface area contributed by atoms with Crippen molar-refractivity contribution in [2.75, 3.05) is 13.2 Å². The molecule has 0 rings (SSSR count). The Balaban J connectivity index is 3.42. The third-order valence-corrected chi connectivity index (χ3v) is 15.8. The molecule has 6 nitrogen and oxygen atoms in total. The lowest BCUT2D eigenvalue weighted by Gasteiger charge is -2.22. The molecule has 0 heterocycles. The van der Waals surface area contributed by atoms with Gasteiger partial charge in [0, 0.05) is 12.8 Å². The highest BCUT2D eigenvalue weighted by Crippen LogP contribution is 2.19. The van der Waals surface area contributed by atoms with Crippen molar-refractivity contribution < 1.29 is 24.5 Å². The number of unbranched alkanes of at least 4 members (excludes halogenated alkanes) is 50. The molecule has 0 saturated heterocycles. The summed E-state index contributed by atoms with van der Waals surface area (Å²) >= 11 is 0. The zero-order valence-electron chi connectivity index (χ0n) is 49.6. The van der Waals surface area contributed by atoms with Gasteiger partial charge in [-0.25, -0.2) is 0 Å². The van der Waals surface area contributed by atoms with Crippen molar-refractivity contribution in [1.82, 2.24) is 5.32 Å². The molecule has 1 amide bonds. The molecule has 434 valence electrons. The maximum atomic E-state index is 12.5. The number of esters is 1. The standard InChI is InChI=1S/C67H131NO5/c1-3-5-7-9-11-13-15-17-19-20-21-22-25-28-32-35-39-43-47-51-55-59-65(70)64(63-69)68-66(71)60-56-52-48-44-40-36-33-29-26-23-24-27-30-34-38-42-46-50-54-58-62-73-67(72)61-57-53-49-45-41-37-31-18-16-14-12-10-8-6-4-2/h23,26,64-65,69-70H,3-22,24-25,27-63H2,1-2H3,(H,68,71)/b26-23-. The normalized spacial score (nSPS) is 12.5. The molecule has 0 aliphatic heterocycles. The molecular weight excluding hydrogens is 899 g/mol. The number of amides is 1. The average Bonchev–Trinajstić information content (AvgIpc) is 3.39. The SMILES string of the molecule is CCCCCCCCCCCCCCCCCCCCCCCC(O)C(CO)NC(=O)CCCCCCCCC/C=C\CCCCCCCCCCCOC(=O)CCCCCCCCCCCCCCCCC. The van der Waals surface area contributed by atoms with Crippen LogP contribution in [0.2, 0.25) is 0 Å². The molecule has 0 aliphatic rings. The molecule has 2 atom stereocenters. The molecular formula is C67H131NO5. The quantitative estimate of drug-likeness (QED) is 0.0320. The van der Waals surface area contributed by atoms with Crippen molar-refractivity contribution in [3.8, 4) is 0 Å². The van der Waals surface area contributed by atoms with Crippen LogP contribution in [0.25, 0.3) is 0 Å². The molecule has 0 aromatic heterocycles. The van der Waals surface area contributed by atoms with E-state index in [1.54, 1.807) is 0 Å². The highest BCUT2D eigenvalue weighted by Gasteiger charge is 2.20. The molecule has 6 heteroatoms. The Labute approximate surface area is 457 Å². The number of carbonyl (C=O) groups is 2. The smallest absolute Gasteiger partial charge is 0.305 e. The van der Waals surface area contributed by atoms with E-state index in [0.717, 1.165) is 38.5 Å². The molecule has 0 aromatic carbocycles. The average molecular weight is 1030 g/mol. The van der Waals surface area contributed by atoms with Gasteiger partial charge in [-0.1, -0.05) is 328 Å². The summed E-state index contributed by atoms with van der Waals surface area (Å²) in [6.07, 6.45) is 76.6. The lowest BCUT2D eigenvalue weighted by atomic mass is 10.0. The van der Waals surface area contributed by atoms with Gasteiger partial charge in [0.25, 0.3) is 0 Å². The third kappa shape index (κ3) is 59.7. The number of aliphatic hydroxyl groups excluding tert-OH is 2. The molecule has 0 saturated carbocycles. The van der Waals surface area contributed by atoms with E-state index in [1.807, 2.05) is 0 Å². The molecule has 0 bridgehead atoms. The van der Waals surface area contributed by atoms with E-state index in [2.05, 4.69) is 31.3 Å². The minimum atomic E-state index is -0.670. The summed E-state index contributed by atoms with van der Waals surface area (Å²) in [4.78, 5) is 24.6. The lowest BCUT2D eigenvalue weighted by Crippen LogP contribution is -2.45. The first-order valence-electron chi connectivity index (χ1n) is 33.4. The Morgan fingerprint density at radius 1 is 0.370 bits per heavy atom. The van der Waals surface area contributed by atoms with E-state index in [4.69, 9.17) is 4.74 Å². The zero-order chi connectivity index (χ0) is 52.9. The highest BCUT2D eigenvalue weighted by molar-refractivity contribution is 5.76. The summed E-state index contributed by atoms with van der Waals surface area (Å²) in [7, 11) is 0. The summed E-state index contributed by atoms with van der Waals surface area (Å²) in [5.41, 5.74) is 0. The number of aliphatic hydroxyl groups is 2. The summed E-state index contributed by atoms with van der Waals surface area (Å²) in [5.74, 6) is -0.0289. The molecule has 2 unspecified atom stereocenters. The predicted molar refractivity (Wildman–Crippen MR) is 320 cm³/mol. The maximum Gasteiger partial charge on any atom is 0.305 e. The first kappa shape index (κ1) is 71.6. The van der Waals surface area contributed by atoms with Crippen LogP contribution in [-0.4, -0.2) is 47.4 Å². The van der Waals surface area contributed by atoms with Crippen molar-refractivity contribution in [1.29, 1.82) is 0 Å². The molecule has 73 heavy (non-hydrogen) atoms. The van der Waals surface area contributed by atoms with Crippen LogP contribution in [0.4, 0.5) is 0 Å². The van der Waals surface area contributed by atoms with E-state index in [1.165, 1.54) is 308 Å².